The first-order chi connectivity index (χ1) is 14.3. The molecule has 0 atom stereocenters. The number of ether oxygens (including phenoxy) is 1. The van der Waals surface area contributed by atoms with Crippen molar-refractivity contribution in [2.24, 2.45) is 0 Å². The Kier molecular flexibility index (Phi) is 4.96. The van der Waals surface area contributed by atoms with Crippen LogP contribution in [-0.2, 0) is 5.41 Å². The predicted molar refractivity (Wildman–Crippen MR) is 116 cm³/mol. The molecule has 150 valence electrons. The molecule has 5 nitrogen and oxygen atoms in total. The van der Waals surface area contributed by atoms with Gasteiger partial charge in [-0.1, -0.05) is 57.2 Å². The molecule has 0 bridgehead atoms. The number of benzene rings is 2. The van der Waals surface area contributed by atoms with Crippen molar-refractivity contribution in [3.8, 4) is 17.1 Å². The molecule has 0 amide bonds. The molecule has 0 radical (unpaired) electrons. The van der Waals surface area contributed by atoms with E-state index in [2.05, 4.69) is 25.8 Å². The quantitative estimate of drug-likeness (QED) is 0.433. The highest BCUT2D eigenvalue weighted by molar-refractivity contribution is 5.92. The van der Waals surface area contributed by atoms with Crippen LogP contribution >= 0.6 is 0 Å². The van der Waals surface area contributed by atoms with Gasteiger partial charge in [0.2, 0.25) is 11.2 Å². The molecule has 30 heavy (non-hydrogen) atoms. The molecule has 0 aliphatic heterocycles. The average Bonchev–Trinajstić information content (AvgIpc) is 2.75. The van der Waals surface area contributed by atoms with Crippen molar-refractivity contribution < 1.29 is 13.9 Å². The second kappa shape index (κ2) is 7.59. The second-order valence-corrected chi connectivity index (χ2v) is 8.04. The molecule has 2 aromatic heterocycles. The summed E-state index contributed by atoms with van der Waals surface area (Å²) in [6.45, 7) is 6.38. The molecule has 2 heterocycles. The Bertz CT molecular complexity index is 1270. The zero-order valence-corrected chi connectivity index (χ0v) is 17.0. The minimum absolute atomic E-state index is 0.0145. The second-order valence-electron chi connectivity index (χ2n) is 8.04. The van der Waals surface area contributed by atoms with Crippen LogP contribution in [0.3, 0.4) is 0 Å². The van der Waals surface area contributed by atoms with Crippen LogP contribution in [-0.4, -0.2) is 11.0 Å². The van der Waals surface area contributed by atoms with Crippen LogP contribution in [0.5, 0.6) is 5.75 Å². The van der Waals surface area contributed by atoms with Gasteiger partial charge in [0.25, 0.3) is 0 Å². The summed E-state index contributed by atoms with van der Waals surface area (Å²) in [4.78, 5) is 29.7. The van der Waals surface area contributed by atoms with Crippen LogP contribution in [0.25, 0.3) is 22.3 Å². The first-order valence-corrected chi connectivity index (χ1v) is 9.63. The summed E-state index contributed by atoms with van der Waals surface area (Å²) >= 11 is 0. The van der Waals surface area contributed by atoms with E-state index in [9.17, 15) is 9.59 Å². The Morgan fingerprint density at radius 1 is 0.933 bits per heavy atom. The van der Waals surface area contributed by atoms with Gasteiger partial charge in [-0.2, -0.15) is 0 Å². The van der Waals surface area contributed by atoms with Gasteiger partial charge in [-0.05, 0) is 35.2 Å². The topological polar surface area (TPSA) is 69.4 Å². The number of esters is 1. The largest absolute Gasteiger partial charge is 0.452 e. The van der Waals surface area contributed by atoms with Gasteiger partial charge < -0.3 is 9.15 Å². The van der Waals surface area contributed by atoms with E-state index < -0.39 is 11.4 Å². The van der Waals surface area contributed by atoms with E-state index >= 15 is 0 Å². The smallest absolute Gasteiger partial charge is 0.343 e. The average molecular weight is 399 g/mol. The summed E-state index contributed by atoms with van der Waals surface area (Å²) in [5, 5.41) is 0.352. The standard InChI is InChI=1S/C25H21NO4/c1-25(2,3)18-10-8-16(9-11-18)22-23(30-24(28)17-12-14-26-15-13-17)21(27)19-6-4-5-7-20(19)29-22/h4-15H,1-3H3. The first kappa shape index (κ1) is 19.6. The first-order valence-electron chi connectivity index (χ1n) is 9.63. The molecule has 5 heteroatoms. The fourth-order valence-electron chi connectivity index (χ4n) is 3.17. The lowest BCUT2D eigenvalue weighted by atomic mass is 9.86. The molecule has 0 saturated heterocycles. The van der Waals surface area contributed by atoms with E-state index in [1.54, 1.807) is 24.3 Å². The zero-order chi connectivity index (χ0) is 21.3. The van der Waals surface area contributed by atoms with E-state index in [1.807, 2.05) is 24.3 Å². The molecule has 0 N–H and O–H groups in total. The van der Waals surface area contributed by atoms with Crippen LogP contribution in [0.4, 0.5) is 0 Å². The highest BCUT2D eigenvalue weighted by Crippen LogP contribution is 2.33. The van der Waals surface area contributed by atoms with Gasteiger partial charge in [-0.15, -0.1) is 0 Å². The molecule has 0 spiro atoms. The SMILES string of the molecule is CC(C)(C)c1ccc(-c2oc3ccccc3c(=O)c2OC(=O)c2ccncc2)cc1. The molecule has 2 aromatic carbocycles. The number of para-hydroxylation sites is 1. The van der Waals surface area contributed by atoms with Crippen molar-refractivity contribution in [2.45, 2.75) is 26.2 Å². The van der Waals surface area contributed by atoms with Crippen molar-refractivity contribution in [1.29, 1.82) is 0 Å². The number of pyridine rings is 1. The van der Waals surface area contributed by atoms with Crippen LogP contribution in [0.15, 0.2) is 82.3 Å². The number of aromatic nitrogens is 1. The van der Waals surface area contributed by atoms with Crippen LogP contribution < -0.4 is 10.2 Å². The maximum atomic E-state index is 13.2. The van der Waals surface area contributed by atoms with E-state index in [-0.39, 0.29) is 16.9 Å². The van der Waals surface area contributed by atoms with Gasteiger partial charge in [0.05, 0.1) is 10.9 Å². The van der Waals surface area contributed by atoms with E-state index in [0.717, 1.165) is 5.56 Å². The molecular weight excluding hydrogens is 378 g/mol. The molecule has 0 saturated carbocycles. The highest BCUT2D eigenvalue weighted by Gasteiger charge is 2.22. The number of carbonyl (C=O) groups excluding carboxylic acids is 1. The van der Waals surface area contributed by atoms with Crippen molar-refractivity contribution in [2.75, 3.05) is 0 Å². The van der Waals surface area contributed by atoms with Gasteiger partial charge >= 0.3 is 5.97 Å². The predicted octanol–water partition coefficient (Wildman–Crippen LogP) is 5.37. The van der Waals surface area contributed by atoms with Gasteiger partial charge in [-0.3, -0.25) is 9.78 Å². The third kappa shape index (κ3) is 3.74. The number of hydrogen-bond donors (Lipinski definition) is 0. The summed E-state index contributed by atoms with van der Waals surface area (Å²) in [6.07, 6.45) is 2.98. The van der Waals surface area contributed by atoms with Crippen molar-refractivity contribution in [3.63, 3.8) is 0 Å². The summed E-state index contributed by atoms with van der Waals surface area (Å²) in [5.74, 6) is -0.548. The maximum Gasteiger partial charge on any atom is 0.343 e. The Hall–Kier alpha value is -3.73. The van der Waals surface area contributed by atoms with Crippen LogP contribution in [0.2, 0.25) is 0 Å². The lowest BCUT2D eigenvalue weighted by Gasteiger charge is -2.19. The molecule has 0 unspecified atom stereocenters. The highest BCUT2D eigenvalue weighted by atomic mass is 16.5. The van der Waals surface area contributed by atoms with Gasteiger partial charge in [0.15, 0.2) is 5.76 Å². The van der Waals surface area contributed by atoms with Gasteiger partial charge in [0.1, 0.15) is 5.58 Å². The summed E-state index contributed by atoms with van der Waals surface area (Å²) in [7, 11) is 0. The molecule has 4 rings (SSSR count). The number of rotatable bonds is 3. The van der Waals surface area contributed by atoms with Crippen molar-refractivity contribution >= 4 is 16.9 Å². The van der Waals surface area contributed by atoms with Crippen LogP contribution in [0.1, 0.15) is 36.7 Å². The van der Waals surface area contributed by atoms with Gasteiger partial charge in [0, 0.05) is 18.0 Å². The van der Waals surface area contributed by atoms with E-state index in [4.69, 9.17) is 9.15 Å². The Labute approximate surface area is 174 Å². The molecule has 0 fully saturated rings. The normalized spacial score (nSPS) is 11.4. The lowest BCUT2D eigenvalue weighted by molar-refractivity contribution is 0.0731. The van der Waals surface area contributed by atoms with Crippen molar-refractivity contribution in [1.82, 2.24) is 4.98 Å². The number of fused-ring (bicyclic) bond motifs is 1. The number of nitrogens with zero attached hydrogens (tertiary/aromatic N) is 1. The number of carbonyl (C=O) groups is 1. The molecule has 0 aliphatic carbocycles. The van der Waals surface area contributed by atoms with E-state index in [0.29, 0.717) is 22.1 Å². The Morgan fingerprint density at radius 3 is 2.27 bits per heavy atom. The van der Waals surface area contributed by atoms with Gasteiger partial charge in [-0.25, -0.2) is 4.79 Å². The Balaban J connectivity index is 1.86. The fourth-order valence-corrected chi connectivity index (χ4v) is 3.17. The minimum Gasteiger partial charge on any atom is -0.452 e. The third-order valence-corrected chi connectivity index (χ3v) is 4.88. The van der Waals surface area contributed by atoms with E-state index in [1.165, 1.54) is 24.5 Å². The Morgan fingerprint density at radius 2 is 1.60 bits per heavy atom. The molecule has 4 aromatic rings. The summed E-state index contributed by atoms with van der Waals surface area (Å²) in [6, 6.07) is 17.7. The maximum absolute atomic E-state index is 13.2. The zero-order valence-electron chi connectivity index (χ0n) is 17.0. The molecule has 0 aliphatic rings. The third-order valence-electron chi connectivity index (χ3n) is 4.88. The van der Waals surface area contributed by atoms with Crippen molar-refractivity contribution in [3.05, 3.63) is 94.4 Å². The molecular formula is C25H21NO4. The summed E-state index contributed by atoms with van der Waals surface area (Å²) in [5.41, 5.74) is 2.12. The minimum atomic E-state index is -0.646. The lowest BCUT2D eigenvalue weighted by Crippen LogP contribution is -2.16. The van der Waals surface area contributed by atoms with Crippen LogP contribution in [0, 0.1) is 0 Å². The monoisotopic (exact) mass is 399 g/mol. The summed E-state index contributed by atoms with van der Waals surface area (Å²) < 4.78 is 11.6. The number of hydrogen-bond acceptors (Lipinski definition) is 5. The fraction of sp³-hybridized carbons (Fsp3) is 0.160.